The van der Waals surface area contributed by atoms with Crippen molar-refractivity contribution in [3.8, 4) is 0 Å². The largest absolute Gasteiger partial charge is 0.393 e. The van der Waals surface area contributed by atoms with E-state index in [0.29, 0.717) is 32.5 Å². The highest BCUT2D eigenvalue weighted by Crippen LogP contribution is 2.08. The Kier molecular flexibility index (Phi) is 7.34. The first-order chi connectivity index (χ1) is 8.72. The zero-order valence-electron chi connectivity index (χ0n) is 10.7. The van der Waals surface area contributed by atoms with Crippen molar-refractivity contribution >= 4 is 0 Å². The van der Waals surface area contributed by atoms with Crippen LogP contribution in [0.15, 0.2) is 42.5 Å². The Balaban J connectivity index is 2.05. The summed E-state index contributed by atoms with van der Waals surface area (Å²) in [7, 11) is 0. The van der Waals surface area contributed by atoms with Gasteiger partial charge in [0.1, 0.15) is 0 Å². The van der Waals surface area contributed by atoms with E-state index < -0.39 is 0 Å². The Bertz CT molecular complexity index is 335. The van der Waals surface area contributed by atoms with Gasteiger partial charge in [-0.05, 0) is 24.8 Å². The van der Waals surface area contributed by atoms with Crippen LogP contribution in [0, 0.1) is 0 Å². The average Bonchev–Trinajstić information content (AvgIpc) is 2.42. The fraction of sp³-hybridized carbons (Fsp3) is 0.467. The molecule has 0 aliphatic rings. The summed E-state index contributed by atoms with van der Waals surface area (Å²) in [5.41, 5.74) is 1.90. The van der Waals surface area contributed by atoms with Gasteiger partial charge in [0, 0.05) is 6.61 Å². The summed E-state index contributed by atoms with van der Waals surface area (Å²) < 4.78 is 5.49. The van der Waals surface area contributed by atoms with Crippen molar-refractivity contribution in [2.45, 2.75) is 32.0 Å². The lowest BCUT2D eigenvalue weighted by atomic mass is 10.1. The van der Waals surface area contributed by atoms with Gasteiger partial charge in [0.05, 0.1) is 19.3 Å². The molecule has 18 heavy (non-hydrogen) atoms. The van der Waals surface area contributed by atoms with Crippen LogP contribution in [-0.4, -0.2) is 29.5 Å². The van der Waals surface area contributed by atoms with Gasteiger partial charge in [-0.3, -0.25) is 0 Å². The number of benzene rings is 1. The summed E-state index contributed by atoms with van der Waals surface area (Å²) >= 11 is 0. The molecule has 0 spiro atoms. The molecule has 1 unspecified atom stereocenters. The molecule has 3 nitrogen and oxygen atoms in total. The quantitative estimate of drug-likeness (QED) is 0.522. The second-order valence-electron chi connectivity index (χ2n) is 4.43. The van der Waals surface area contributed by atoms with E-state index in [1.54, 1.807) is 0 Å². The van der Waals surface area contributed by atoms with Crippen molar-refractivity contribution < 1.29 is 14.9 Å². The maximum Gasteiger partial charge on any atom is 0.0716 e. The Morgan fingerprint density at radius 3 is 2.61 bits per heavy atom. The van der Waals surface area contributed by atoms with Crippen LogP contribution in [-0.2, 0) is 11.3 Å². The van der Waals surface area contributed by atoms with E-state index >= 15 is 0 Å². The lowest BCUT2D eigenvalue weighted by molar-refractivity contribution is 0.0699. The molecule has 0 aliphatic carbocycles. The lowest BCUT2D eigenvalue weighted by Crippen LogP contribution is -2.11. The van der Waals surface area contributed by atoms with E-state index in [1.165, 1.54) is 0 Å². The lowest BCUT2D eigenvalue weighted by Gasteiger charge is -2.11. The highest BCUT2D eigenvalue weighted by Gasteiger charge is 2.05. The number of hydrogen-bond donors (Lipinski definition) is 2. The number of hydrogen-bond acceptors (Lipinski definition) is 3. The van der Waals surface area contributed by atoms with Gasteiger partial charge in [-0.1, -0.05) is 42.5 Å². The first kappa shape index (κ1) is 14.9. The van der Waals surface area contributed by atoms with E-state index in [0.717, 1.165) is 11.1 Å². The summed E-state index contributed by atoms with van der Waals surface area (Å²) in [6.45, 7) is 4.81. The smallest absolute Gasteiger partial charge is 0.0716 e. The maximum absolute atomic E-state index is 9.69. The molecule has 1 rings (SSSR count). The zero-order chi connectivity index (χ0) is 13.2. The number of aliphatic hydroxyl groups is 2. The van der Waals surface area contributed by atoms with E-state index in [1.807, 2.05) is 30.3 Å². The third-order valence-corrected chi connectivity index (χ3v) is 2.76. The highest BCUT2D eigenvalue weighted by atomic mass is 16.5. The second kappa shape index (κ2) is 8.86. The van der Waals surface area contributed by atoms with Crippen molar-refractivity contribution in [1.82, 2.24) is 0 Å². The van der Waals surface area contributed by atoms with Crippen LogP contribution in [0.2, 0.25) is 0 Å². The molecule has 100 valence electrons. The van der Waals surface area contributed by atoms with E-state index in [2.05, 4.69) is 6.58 Å². The molecule has 0 saturated heterocycles. The van der Waals surface area contributed by atoms with Gasteiger partial charge >= 0.3 is 0 Å². The minimum absolute atomic E-state index is 0.00275. The number of ether oxygens (including phenoxy) is 1. The molecule has 0 aliphatic heterocycles. The van der Waals surface area contributed by atoms with Gasteiger partial charge < -0.3 is 14.9 Å². The fourth-order valence-electron chi connectivity index (χ4n) is 1.58. The molecule has 0 radical (unpaired) electrons. The normalized spacial score (nSPS) is 12.3. The Morgan fingerprint density at radius 1 is 1.22 bits per heavy atom. The Hall–Kier alpha value is -1.16. The van der Waals surface area contributed by atoms with E-state index in [4.69, 9.17) is 9.84 Å². The van der Waals surface area contributed by atoms with Gasteiger partial charge in [0.2, 0.25) is 0 Å². The minimum Gasteiger partial charge on any atom is -0.393 e. The summed E-state index contributed by atoms with van der Waals surface area (Å²) in [5, 5.41) is 18.5. The maximum atomic E-state index is 9.69. The van der Waals surface area contributed by atoms with Gasteiger partial charge in [-0.15, -0.1) is 0 Å². The van der Waals surface area contributed by atoms with Gasteiger partial charge in [0.25, 0.3) is 0 Å². The molecule has 2 N–H and O–H groups in total. The molecule has 1 aromatic carbocycles. The monoisotopic (exact) mass is 250 g/mol. The zero-order valence-corrected chi connectivity index (χ0v) is 10.7. The van der Waals surface area contributed by atoms with Crippen LogP contribution >= 0.6 is 0 Å². The van der Waals surface area contributed by atoms with Crippen molar-refractivity contribution in [3.05, 3.63) is 48.0 Å². The molecule has 1 aromatic rings. The van der Waals surface area contributed by atoms with Crippen molar-refractivity contribution in [1.29, 1.82) is 0 Å². The predicted molar refractivity (Wildman–Crippen MR) is 72.2 cm³/mol. The van der Waals surface area contributed by atoms with Crippen LogP contribution < -0.4 is 0 Å². The number of rotatable bonds is 9. The third kappa shape index (κ3) is 6.55. The van der Waals surface area contributed by atoms with Crippen LogP contribution in [0.5, 0.6) is 0 Å². The van der Waals surface area contributed by atoms with Gasteiger partial charge in [0.15, 0.2) is 0 Å². The molecule has 0 amide bonds. The average molecular weight is 250 g/mol. The molecular formula is C15H22O3. The second-order valence-corrected chi connectivity index (χ2v) is 4.43. The fourth-order valence-corrected chi connectivity index (χ4v) is 1.58. The third-order valence-electron chi connectivity index (χ3n) is 2.76. The molecule has 1 atom stereocenters. The Morgan fingerprint density at radius 2 is 1.94 bits per heavy atom. The summed E-state index contributed by atoms with van der Waals surface area (Å²) in [6.07, 6.45) is 1.53. The topological polar surface area (TPSA) is 49.7 Å². The van der Waals surface area contributed by atoms with E-state index in [-0.39, 0.29) is 12.7 Å². The van der Waals surface area contributed by atoms with Crippen LogP contribution in [0.4, 0.5) is 0 Å². The molecule has 0 bridgehead atoms. The van der Waals surface area contributed by atoms with Crippen LogP contribution in [0.1, 0.15) is 24.8 Å². The molecule has 0 saturated carbocycles. The first-order valence-electron chi connectivity index (χ1n) is 6.29. The highest BCUT2D eigenvalue weighted by molar-refractivity contribution is 5.13. The SMILES string of the molecule is C=C(CO)CCC(O)CCOCc1ccccc1. The van der Waals surface area contributed by atoms with Crippen LogP contribution in [0.3, 0.4) is 0 Å². The minimum atomic E-state index is -0.385. The Labute approximate surface area is 109 Å². The van der Waals surface area contributed by atoms with Crippen molar-refractivity contribution in [2.75, 3.05) is 13.2 Å². The van der Waals surface area contributed by atoms with Crippen LogP contribution in [0.25, 0.3) is 0 Å². The van der Waals surface area contributed by atoms with Gasteiger partial charge in [-0.2, -0.15) is 0 Å². The standard InChI is InChI=1S/C15H22O3/c1-13(11-16)7-8-15(17)9-10-18-12-14-5-3-2-4-6-14/h2-6,15-17H,1,7-12H2. The summed E-state index contributed by atoms with van der Waals surface area (Å²) in [4.78, 5) is 0. The predicted octanol–water partition coefficient (Wildman–Crippen LogP) is 2.28. The summed E-state index contributed by atoms with van der Waals surface area (Å²) in [6, 6.07) is 9.96. The van der Waals surface area contributed by atoms with Crippen molar-refractivity contribution in [3.63, 3.8) is 0 Å². The molecule has 0 heterocycles. The number of aliphatic hydroxyl groups excluding tert-OH is 2. The molecule has 3 heteroatoms. The molecular weight excluding hydrogens is 228 g/mol. The summed E-state index contributed by atoms with van der Waals surface area (Å²) in [5.74, 6) is 0. The molecule has 0 fully saturated rings. The van der Waals surface area contributed by atoms with E-state index in [9.17, 15) is 5.11 Å². The van der Waals surface area contributed by atoms with Crippen molar-refractivity contribution in [2.24, 2.45) is 0 Å². The molecule has 0 aromatic heterocycles. The van der Waals surface area contributed by atoms with Gasteiger partial charge in [-0.25, -0.2) is 0 Å². The first-order valence-corrected chi connectivity index (χ1v) is 6.29.